The van der Waals surface area contributed by atoms with Crippen molar-refractivity contribution in [2.45, 2.75) is 6.04 Å². The maximum atomic E-state index is 14.2. The SMILES string of the molecule is COc1c(F)cc(NC(C(N)=O)c2ccc(F)cc2)c(OC)c1F. The number of carbonyl (C=O) groups is 1. The summed E-state index contributed by atoms with van der Waals surface area (Å²) in [6.07, 6.45) is 0. The predicted molar refractivity (Wildman–Crippen MR) is 81.4 cm³/mol. The first-order chi connectivity index (χ1) is 11.4. The van der Waals surface area contributed by atoms with Crippen LogP contribution in [0.5, 0.6) is 11.5 Å². The lowest BCUT2D eigenvalue weighted by molar-refractivity contribution is -0.118. The molecule has 0 aliphatic carbocycles. The van der Waals surface area contributed by atoms with Crippen LogP contribution in [0.2, 0.25) is 0 Å². The van der Waals surface area contributed by atoms with Crippen LogP contribution < -0.4 is 20.5 Å². The van der Waals surface area contributed by atoms with Gasteiger partial charge in [-0.25, -0.2) is 8.78 Å². The molecule has 0 aliphatic rings. The van der Waals surface area contributed by atoms with Gasteiger partial charge in [-0.2, -0.15) is 4.39 Å². The average Bonchev–Trinajstić information content (AvgIpc) is 2.53. The molecule has 2 aromatic carbocycles. The van der Waals surface area contributed by atoms with E-state index in [-0.39, 0.29) is 11.4 Å². The summed E-state index contributed by atoms with van der Waals surface area (Å²) in [5.41, 5.74) is 5.51. The van der Waals surface area contributed by atoms with Crippen molar-refractivity contribution in [2.24, 2.45) is 5.73 Å². The Morgan fingerprint density at radius 1 is 1.08 bits per heavy atom. The van der Waals surface area contributed by atoms with Crippen LogP contribution in [-0.2, 0) is 4.79 Å². The highest BCUT2D eigenvalue weighted by Gasteiger charge is 2.24. The van der Waals surface area contributed by atoms with Gasteiger partial charge in [0.2, 0.25) is 11.7 Å². The molecule has 2 rings (SSSR count). The zero-order chi connectivity index (χ0) is 17.9. The van der Waals surface area contributed by atoms with Gasteiger partial charge in [0.25, 0.3) is 0 Å². The van der Waals surface area contributed by atoms with Crippen LogP contribution in [0.25, 0.3) is 0 Å². The van der Waals surface area contributed by atoms with Crippen molar-refractivity contribution in [3.8, 4) is 11.5 Å². The molecule has 0 aliphatic heterocycles. The van der Waals surface area contributed by atoms with Gasteiger partial charge < -0.3 is 20.5 Å². The number of amides is 1. The predicted octanol–water partition coefficient (Wildman–Crippen LogP) is 2.76. The molecule has 128 valence electrons. The lowest BCUT2D eigenvalue weighted by Crippen LogP contribution is -2.28. The molecule has 1 unspecified atom stereocenters. The Hall–Kier alpha value is -2.90. The summed E-state index contributed by atoms with van der Waals surface area (Å²) in [6.45, 7) is 0. The van der Waals surface area contributed by atoms with E-state index < -0.39 is 35.2 Å². The minimum Gasteiger partial charge on any atom is -0.491 e. The lowest BCUT2D eigenvalue weighted by atomic mass is 10.1. The average molecular weight is 340 g/mol. The van der Waals surface area contributed by atoms with Crippen LogP contribution in [0, 0.1) is 17.5 Å². The molecule has 3 N–H and O–H groups in total. The first-order valence-corrected chi connectivity index (χ1v) is 6.80. The van der Waals surface area contributed by atoms with Crippen LogP contribution in [0.1, 0.15) is 11.6 Å². The van der Waals surface area contributed by atoms with E-state index in [1.165, 1.54) is 19.2 Å². The van der Waals surface area contributed by atoms with E-state index in [0.29, 0.717) is 5.56 Å². The van der Waals surface area contributed by atoms with E-state index in [9.17, 15) is 18.0 Å². The molecule has 24 heavy (non-hydrogen) atoms. The third-order valence-corrected chi connectivity index (χ3v) is 3.33. The number of rotatable bonds is 6. The van der Waals surface area contributed by atoms with Crippen LogP contribution in [0.3, 0.4) is 0 Å². The third kappa shape index (κ3) is 3.37. The first kappa shape index (κ1) is 17.5. The minimum atomic E-state index is -1.15. The van der Waals surface area contributed by atoms with Gasteiger partial charge in [-0.15, -0.1) is 0 Å². The fourth-order valence-corrected chi connectivity index (χ4v) is 2.21. The zero-order valence-corrected chi connectivity index (χ0v) is 12.9. The van der Waals surface area contributed by atoms with Gasteiger partial charge in [0.05, 0.1) is 19.9 Å². The number of nitrogens with one attached hydrogen (secondary N) is 1. The van der Waals surface area contributed by atoms with Crippen molar-refractivity contribution in [1.82, 2.24) is 0 Å². The Morgan fingerprint density at radius 3 is 2.17 bits per heavy atom. The normalized spacial score (nSPS) is 11.7. The quantitative estimate of drug-likeness (QED) is 0.848. The second kappa shape index (κ2) is 7.12. The van der Waals surface area contributed by atoms with E-state index in [0.717, 1.165) is 25.3 Å². The molecular weight excluding hydrogens is 325 g/mol. The third-order valence-electron chi connectivity index (χ3n) is 3.33. The van der Waals surface area contributed by atoms with E-state index in [1.807, 2.05) is 0 Å². The highest BCUT2D eigenvalue weighted by Crippen LogP contribution is 2.38. The Balaban J connectivity index is 2.47. The monoisotopic (exact) mass is 340 g/mol. The summed E-state index contributed by atoms with van der Waals surface area (Å²) in [4.78, 5) is 11.7. The highest BCUT2D eigenvalue weighted by molar-refractivity contribution is 5.85. The Bertz CT molecular complexity index is 751. The second-order valence-electron chi connectivity index (χ2n) is 4.82. The van der Waals surface area contributed by atoms with Gasteiger partial charge in [0.15, 0.2) is 17.3 Å². The number of hydrogen-bond acceptors (Lipinski definition) is 4. The van der Waals surface area contributed by atoms with Crippen molar-refractivity contribution < 1.29 is 27.4 Å². The molecule has 0 radical (unpaired) electrons. The van der Waals surface area contributed by atoms with Gasteiger partial charge in [-0.1, -0.05) is 12.1 Å². The molecular formula is C16H15F3N2O3. The van der Waals surface area contributed by atoms with Crippen LogP contribution >= 0.6 is 0 Å². The van der Waals surface area contributed by atoms with Gasteiger partial charge in [0, 0.05) is 6.07 Å². The Kier molecular flexibility index (Phi) is 5.18. The Labute approximate surface area is 136 Å². The van der Waals surface area contributed by atoms with Gasteiger partial charge in [0.1, 0.15) is 11.9 Å². The molecule has 0 fully saturated rings. The van der Waals surface area contributed by atoms with E-state index >= 15 is 0 Å². The lowest BCUT2D eigenvalue weighted by Gasteiger charge is -2.20. The molecule has 8 heteroatoms. The number of halogens is 3. The minimum absolute atomic E-state index is 0.138. The molecule has 0 aromatic heterocycles. The largest absolute Gasteiger partial charge is 0.491 e. The van der Waals surface area contributed by atoms with Gasteiger partial charge in [-0.05, 0) is 17.7 Å². The number of carbonyl (C=O) groups excluding carboxylic acids is 1. The standard InChI is InChI=1S/C16H15F3N2O3/c1-23-14-10(18)7-11(15(24-2)12(14)19)21-13(16(20)22)8-3-5-9(17)6-4-8/h3-7,13,21H,1-2H3,(H2,20,22). The molecule has 1 atom stereocenters. The highest BCUT2D eigenvalue weighted by atomic mass is 19.1. The summed E-state index contributed by atoms with van der Waals surface area (Å²) < 4.78 is 50.7. The number of ether oxygens (including phenoxy) is 2. The molecule has 0 saturated heterocycles. The number of nitrogens with two attached hydrogens (primary N) is 1. The summed E-state index contributed by atoms with van der Waals surface area (Å²) in [6, 6.07) is 4.71. The zero-order valence-electron chi connectivity index (χ0n) is 12.9. The van der Waals surface area contributed by atoms with Crippen molar-refractivity contribution in [2.75, 3.05) is 19.5 Å². The molecule has 0 heterocycles. The van der Waals surface area contributed by atoms with Crippen molar-refractivity contribution in [3.63, 3.8) is 0 Å². The molecule has 5 nitrogen and oxygen atoms in total. The van der Waals surface area contributed by atoms with Crippen molar-refractivity contribution in [1.29, 1.82) is 0 Å². The maximum absolute atomic E-state index is 14.2. The number of benzene rings is 2. The fourth-order valence-electron chi connectivity index (χ4n) is 2.21. The smallest absolute Gasteiger partial charge is 0.244 e. The van der Waals surface area contributed by atoms with Crippen molar-refractivity contribution in [3.05, 3.63) is 53.3 Å². The molecule has 0 spiro atoms. The molecule has 1 amide bonds. The van der Waals surface area contributed by atoms with E-state index in [2.05, 4.69) is 10.1 Å². The number of primary amides is 1. The first-order valence-electron chi connectivity index (χ1n) is 6.80. The molecule has 2 aromatic rings. The summed E-state index contributed by atoms with van der Waals surface area (Å²) in [5, 5.41) is 2.61. The molecule has 0 bridgehead atoms. The topological polar surface area (TPSA) is 73.6 Å². The van der Waals surface area contributed by atoms with Gasteiger partial charge in [-0.3, -0.25) is 4.79 Å². The summed E-state index contributed by atoms with van der Waals surface area (Å²) >= 11 is 0. The Morgan fingerprint density at radius 2 is 1.67 bits per heavy atom. The number of hydrogen-bond donors (Lipinski definition) is 2. The van der Waals surface area contributed by atoms with Crippen LogP contribution in [0.15, 0.2) is 30.3 Å². The van der Waals surface area contributed by atoms with Crippen LogP contribution in [-0.4, -0.2) is 20.1 Å². The van der Waals surface area contributed by atoms with Crippen molar-refractivity contribution >= 4 is 11.6 Å². The van der Waals surface area contributed by atoms with Crippen LogP contribution in [0.4, 0.5) is 18.9 Å². The maximum Gasteiger partial charge on any atom is 0.244 e. The fraction of sp³-hybridized carbons (Fsp3) is 0.188. The summed E-state index contributed by atoms with van der Waals surface area (Å²) in [5.74, 6) is -4.33. The van der Waals surface area contributed by atoms with Gasteiger partial charge >= 0.3 is 0 Å². The second-order valence-corrected chi connectivity index (χ2v) is 4.82. The molecule has 0 saturated carbocycles. The number of anilines is 1. The van der Waals surface area contributed by atoms with E-state index in [1.54, 1.807) is 0 Å². The summed E-state index contributed by atoms with van der Waals surface area (Å²) in [7, 11) is 2.29. The van der Waals surface area contributed by atoms with E-state index in [4.69, 9.17) is 10.5 Å². The number of methoxy groups -OCH3 is 2.